The lowest BCUT2D eigenvalue weighted by atomic mass is 10.6. The monoisotopic (exact) mass is 690 g/mol. The third-order valence-corrected chi connectivity index (χ3v) is 3.86. The van der Waals surface area contributed by atoms with Gasteiger partial charge in [0.1, 0.15) is 24.1 Å². The first-order valence-electron chi connectivity index (χ1n) is 7.95. The van der Waals surface area contributed by atoms with Crippen molar-refractivity contribution in [2.24, 2.45) is 0 Å². The van der Waals surface area contributed by atoms with Crippen molar-refractivity contribution in [1.82, 2.24) is 0 Å². The minimum absolute atomic E-state index is 1.84. The Morgan fingerprint density at radius 2 is 0.600 bits per heavy atom. The number of halogens is 18. The summed E-state index contributed by atoms with van der Waals surface area (Å²) >= 11 is -3.68. The number of ether oxygens (including phenoxy) is 4. The quantitative estimate of drug-likeness (QED) is 0.0365. The second-order valence-corrected chi connectivity index (χ2v) is 7.12. The highest BCUT2D eigenvalue weighted by Gasteiger charge is 2.64. The molecular weight excluding hydrogens is 686 g/mol. The molecule has 0 aliphatic rings. The van der Waals surface area contributed by atoms with Crippen molar-refractivity contribution in [3.63, 3.8) is 0 Å². The van der Waals surface area contributed by atoms with Gasteiger partial charge in [-0.15, -0.1) is 8.67 Å². The molecule has 30 heteroatoms. The molecule has 0 saturated heterocycles. The Bertz CT molecular complexity index is 703. The minimum Gasteiger partial charge on any atom is -0.288 e. The maximum atomic E-state index is 13.1. The van der Waals surface area contributed by atoms with Crippen molar-refractivity contribution in [1.29, 1.82) is 0 Å². The van der Waals surface area contributed by atoms with Crippen LogP contribution in [0.15, 0.2) is 0 Å². The molecule has 0 aromatic carbocycles. The van der Waals surface area contributed by atoms with Crippen molar-refractivity contribution < 1.29 is 127 Å². The van der Waals surface area contributed by atoms with Crippen LogP contribution in [-0.2, 0) is 47.8 Å². The second-order valence-electron chi connectivity index (χ2n) is 5.48. The highest BCUT2D eigenvalue weighted by Crippen LogP contribution is 2.46. The first kappa shape index (κ1) is 39.0. The Hall–Kier alpha value is -0.960. The van der Waals surface area contributed by atoms with Crippen LogP contribution in [0.5, 0.6) is 0 Å². The molecule has 0 aromatic heterocycles. The van der Waals surface area contributed by atoms with Crippen LogP contribution in [0.1, 0.15) is 0 Å². The predicted octanol–water partition coefficient (Wildman–Crippen LogP) is 6.62. The summed E-state index contributed by atoms with van der Waals surface area (Å²) in [4.78, 5) is 0. The molecular formula is C10H4F18O10S2. The molecule has 0 rings (SSSR count). The lowest BCUT2D eigenvalue weighted by Crippen LogP contribution is -2.44. The first-order chi connectivity index (χ1) is 17.6. The predicted molar refractivity (Wildman–Crippen MR) is 77.6 cm³/mol. The fourth-order valence-corrected chi connectivity index (χ4v) is 1.53. The van der Waals surface area contributed by atoms with E-state index in [-0.39, 0.29) is 0 Å². The summed E-state index contributed by atoms with van der Waals surface area (Å²) in [7, 11) is 0. The Kier molecular flexibility index (Phi) is 13.7. The fourth-order valence-electron chi connectivity index (χ4n) is 0.942. The van der Waals surface area contributed by atoms with Gasteiger partial charge in [0.05, 0.1) is 0 Å². The lowest BCUT2D eigenvalue weighted by molar-refractivity contribution is -0.731. The normalized spacial score (nSPS) is 15.2. The molecule has 0 aliphatic carbocycles. The van der Waals surface area contributed by atoms with E-state index in [1.54, 1.807) is 0 Å². The van der Waals surface area contributed by atoms with Gasteiger partial charge in [-0.25, -0.2) is 0 Å². The van der Waals surface area contributed by atoms with Gasteiger partial charge >= 0.3 is 47.3 Å². The number of hydrogen-bond donors (Lipinski definition) is 0. The van der Waals surface area contributed by atoms with Gasteiger partial charge in [-0.05, 0) is 20.2 Å². The van der Waals surface area contributed by atoms with Gasteiger partial charge in [-0.1, -0.05) is 0 Å². The van der Waals surface area contributed by atoms with Crippen LogP contribution in [0, 0.1) is 0 Å². The highest BCUT2D eigenvalue weighted by molar-refractivity contribution is 7.95. The maximum Gasteiger partial charge on any atom is 0.483 e. The zero-order valence-corrected chi connectivity index (χ0v) is 18.7. The van der Waals surface area contributed by atoms with E-state index in [2.05, 4.69) is 47.8 Å². The average Bonchev–Trinajstić information content (AvgIpc) is 2.73. The molecule has 0 aliphatic heterocycles. The molecule has 0 saturated carbocycles. The number of hydrogen-bond acceptors (Lipinski definition) is 12. The topological polar surface area (TPSA) is 92.3 Å². The van der Waals surface area contributed by atoms with Crippen molar-refractivity contribution in [3.05, 3.63) is 0 Å². The summed E-state index contributed by atoms with van der Waals surface area (Å²) in [5.41, 5.74) is 0. The Balaban J connectivity index is 4.38. The SMILES string of the molecule is FC(F)(F)C(F)(F)OCOC(F)(F)C(F)(F)SOOOOOOSC(F)(F)C(F)(F)OCOC(F)(F)C(F)(F)F. The van der Waals surface area contributed by atoms with E-state index in [0.717, 1.165) is 0 Å². The maximum absolute atomic E-state index is 13.1. The van der Waals surface area contributed by atoms with Gasteiger partial charge in [0, 0.05) is 0 Å². The third kappa shape index (κ3) is 11.7. The van der Waals surface area contributed by atoms with Crippen molar-refractivity contribution in [3.8, 4) is 0 Å². The molecule has 0 spiro atoms. The van der Waals surface area contributed by atoms with Crippen molar-refractivity contribution >= 4 is 24.1 Å². The van der Waals surface area contributed by atoms with Crippen LogP contribution in [0.3, 0.4) is 0 Å². The summed E-state index contributed by atoms with van der Waals surface area (Å²) < 4.78 is 241. The van der Waals surface area contributed by atoms with E-state index in [1.165, 1.54) is 0 Å². The Morgan fingerprint density at radius 3 is 0.850 bits per heavy atom. The second kappa shape index (κ2) is 14.0. The third-order valence-electron chi connectivity index (χ3n) is 2.71. The van der Waals surface area contributed by atoms with E-state index < -0.39 is 85.0 Å². The summed E-state index contributed by atoms with van der Waals surface area (Å²) in [5.74, 6) is 0. The Labute approximate surface area is 212 Å². The number of rotatable bonds is 19. The first-order valence-corrected chi connectivity index (χ1v) is 9.43. The van der Waals surface area contributed by atoms with E-state index in [0.29, 0.717) is 0 Å². The van der Waals surface area contributed by atoms with Crippen LogP contribution >= 0.6 is 24.1 Å². The molecule has 0 unspecified atom stereocenters. The van der Waals surface area contributed by atoms with Crippen molar-refractivity contribution in [2.75, 3.05) is 13.6 Å². The molecule has 242 valence electrons. The van der Waals surface area contributed by atoms with Crippen LogP contribution in [0.2, 0.25) is 0 Å². The standard InChI is InChI=1S/C10H4F18O10S2/c11-3(12,13)5(17,18)29-1-31-7(21,22)9(25,26)39-37-35-33-34-36-38-40-10(27,28)8(23,24)32-2-30-6(19,20)4(14,15)16/h1-2H2. The van der Waals surface area contributed by atoms with Crippen LogP contribution in [0.4, 0.5) is 79.0 Å². The average molecular weight is 690 g/mol. The summed E-state index contributed by atoms with van der Waals surface area (Å²) in [6, 6.07) is 0. The van der Waals surface area contributed by atoms with Crippen LogP contribution < -0.4 is 0 Å². The largest absolute Gasteiger partial charge is 0.483 e. The van der Waals surface area contributed by atoms with Crippen LogP contribution in [0.25, 0.3) is 0 Å². The molecule has 40 heavy (non-hydrogen) atoms. The van der Waals surface area contributed by atoms with E-state index in [9.17, 15) is 79.0 Å². The van der Waals surface area contributed by atoms with Gasteiger partial charge in [-0.3, -0.25) is 18.9 Å². The molecule has 0 radical (unpaired) electrons. The molecule has 0 heterocycles. The van der Waals surface area contributed by atoms with E-state index in [1.807, 2.05) is 0 Å². The van der Waals surface area contributed by atoms with E-state index >= 15 is 0 Å². The minimum atomic E-state index is -6.44. The lowest BCUT2D eigenvalue weighted by Gasteiger charge is -2.25. The summed E-state index contributed by atoms with van der Waals surface area (Å²) in [5, 5.41) is 0.572. The molecule has 0 atom stereocenters. The van der Waals surface area contributed by atoms with Gasteiger partial charge in [-0.2, -0.15) is 79.0 Å². The summed E-state index contributed by atoms with van der Waals surface area (Å²) in [6.07, 6.45) is -36.9. The van der Waals surface area contributed by atoms with E-state index in [4.69, 9.17) is 0 Å². The molecule has 0 N–H and O–H groups in total. The highest BCUT2D eigenvalue weighted by atomic mass is 32.2. The fraction of sp³-hybridized carbons (Fsp3) is 1.00. The van der Waals surface area contributed by atoms with Crippen molar-refractivity contribution in [2.45, 2.75) is 47.3 Å². The Morgan fingerprint density at radius 1 is 0.350 bits per heavy atom. The smallest absolute Gasteiger partial charge is 0.288 e. The molecule has 0 fully saturated rings. The van der Waals surface area contributed by atoms with Gasteiger partial charge in [0.2, 0.25) is 0 Å². The summed E-state index contributed by atoms with van der Waals surface area (Å²) in [6.45, 7) is -5.53. The molecule has 10 nitrogen and oxygen atoms in total. The molecule has 0 aromatic rings. The zero-order chi connectivity index (χ0) is 31.9. The zero-order valence-electron chi connectivity index (χ0n) is 17.1. The van der Waals surface area contributed by atoms with Gasteiger partial charge in [0.15, 0.2) is 13.6 Å². The number of alkyl halides is 18. The van der Waals surface area contributed by atoms with Gasteiger partial charge in [0.25, 0.3) is 0 Å². The molecule has 0 amide bonds. The van der Waals surface area contributed by atoms with Crippen LogP contribution in [-0.4, -0.2) is 60.9 Å². The van der Waals surface area contributed by atoms with Gasteiger partial charge < -0.3 is 0 Å². The molecule has 0 bridgehead atoms.